The smallest absolute Gasteiger partial charge is 0.187 e. The first-order chi connectivity index (χ1) is 13.7. The van der Waals surface area contributed by atoms with Crippen molar-refractivity contribution in [3.05, 3.63) is 30.5 Å². The average molecular weight is 382 g/mol. The molecule has 0 spiro atoms. The zero-order valence-electron chi connectivity index (χ0n) is 15.8. The molecule has 0 radical (unpaired) electrons. The van der Waals surface area contributed by atoms with Gasteiger partial charge in [-0.25, -0.2) is 29.3 Å². The number of fused-ring (bicyclic) bond motifs is 1. The lowest BCUT2D eigenvalue weighted by molar-refractivity contribution is 0.405. The maximum Gasteiger partial charge on any atom is 0.187 e. The molecule has 0 amide bonds. The highest BCUT2D eigenvalue weighted by Crippen LogP contribution is 2.41. The first kappa shape index (κ1) is 17.3. The van der Waals surface area contributed by atoms with Gasteiger partial charge in [-0.1, -0.05) is 0 Å². The molecule has 4 heterocycles. The van der Waals surface area contributed by atoms with Crippen molar-refractivity contribution in [3.8, 4) is 0 Å². The maximum absolute atomic E-state index is 14.8. The van der Waals surface area contributed by atoms with Crippen molar-refractivity contribution < 1.29 is 4.39 Å². The molecule has 8 nitrogen and oxygen atoms in total. The van der Waals surface area contributed by atoms with Crippen LogP contribution in [0.1, 0.15) is 37.3 Å². The van der Waals surface area contributed by atoms with Gasteiger partial charge < -0.3 is 14.8 Å². The van der Waals surface area contributed by atoms with Crippen molar-refractivity contribution in [1.29, 1.82) is 0 Å². The summed E-state index contributed by atoms with van der Waals surface area (Å²) in [6, 6.07) is 0. The van der Waals surface area contributed by atoms with E-state index in [1.165, 1.54) is 6.33 Å². The molecule has 0 bridgehead atoms. The van der Waals surface area contributed by atoms with Crippen molar-refractivity contribution in [3.63, 3.8) is 0 Å². The third-order valence-electron chi connectivity index (χ3n) is 5.77. The Morgan fingerprint density at radius 2 is 1.86 bits per heavy atom. The standard InChI is InChI=1S/C19H23FN8/c1-27(18-14(20)15(13-2-3-13)21-10-25-18)8-12-4-6-28(7-5-12)19-16-17(23-9-22-16)24-11-26-19/h9-13H,2-8H2,1H3,(H,22,23,24,26). The van der Waals surface area contributed by atoms with E-state index in [2.05, 4.69) is 34.8 Å². The highest BCUT2D eigenvalue weighted by Gasteiger charge is 2.31. The van der Waals surface area contributed by atoms with Gasteiger partial charge in [-0.05, 0) is 31.6 Å². The Balaban J connectivity index is 1.24. The highest BCUT2D eigenvalue weighted by molar-refractivity contribution is 5.82. The lowest BCUT2D eigenvalue weighted by Gasteiger charge is -2.34. The van der Waals surface area contributed by atoms with Gasteiger partial charge in [0.1, 0.15) is 18.2 Å². The zero-order chi connectivity index (χ0) is 19.1. The Bertz CT molecular complexity index is 977. The van der Waals surface area contributed by atoms with Gasteiger partial charge in [-0.3, -0.25) is 0 Å². The first-order valence-corrected chi connectivity index (χ1v) is 9.81. The van der Waals surface area contributed by atoms with Crippen molar-refractivity contribution in [2.75, 3.05) is 36.5 Å². The van der Waals surface area contributed by atoms with E-state index in [1.54, 1.807) is 12.7 Å². The summed E-state index contributed by atoms with van der Waals surface area (Å²) in [4.78, 5) is 28.5. The number of anilines is 2. The van der Waals surface area contributed by atoms with Gasteiger partial charge in [-0.2, -0.15) is 0 Å². The molecule has 3 aromatic rings. The van der Waals surface area contributed by atoms with E-state index in [4.69, 9.17) is 0 Å². The van der Waals surface area contributed by atoms with Crippen LogP contribution in [0.25, 0.3) is 11.2 Å². The number of nitrogens with zero attached hydrogens (tertiary/aromatic N) is 7. The number of hydrogen-bond donors (Lipinski definition) is 1. The second-order valence-corrected chi connectivity index (χ2v) is 7.78. The molecular weight excluding hydrogens is 359 g/mol. The molecule has 1 aliphatic carbocycles. The van der Waals surface area contributed by atoms with Crippen LogP contribution in [0.3, 0.4) is 0 Å². The molecule has 146 valence electrons. The Labute approximate surface area is 162 Å². The first-order valence-electron chi connectivity index (χ1n) is 9.81. The minimum absolute atomic E-state index is 0.243. The Morgan fingerprint density at radius 3 is 2.64 bits per heavy atom. The minimum atomic E-state index is -0.243. The number of nitrogens with one attached hydrogen (secondary N) is 1. The second-order valence-electron chi connectivity index (χ2n) is 7.78. The van der Waals surface area contributed by atoms with E-state index in [0.717, 1.165) is 56.7 Å². The van der Waals surface area contributed by atoms with E-state index in [-0.39, 0.29) is 11.7 Å². The molecule has 28 heavy (non-hydrogen) atoms. The van der Waals surface area contributed by atoms with Gasteiger partial charge in [0.2, 0.25) is 0 Å². The third-order valence-corrected chi connectivity index (χ3v) is 5.77. The van der Waals surface area contributed by atoms with Gasteiger partial charge in [0.05, 0.1) is 12.0 Å². The number of aromatic nitrogens is 6. The monoisotopic (exact) mass is 382 g/mol. The molecule has 2 aliphatic rings. The third kappa shape index (κ3) is 3.14. The largest absolute Gasteiger partial charge is 0.357 e. The number of halogens is 1. The van der Waals surface area contributed by atoms with Crippen LogP contribution in [0.2, 0.25) is 0 Å². The minimum Gasteiger partial charge on any atom is -0.357 e. The topological polar surface area (TPSA) is 86.7 Å². The molecule has 2 fully saturated rings. The summed E-state index contributed by atoms with van der Waals surface area (Å²) in [6.45, 7) is 2.60. The molecule has 1 N–H and O–H groups in total. The number of piperidine rings is 1. The van der Waals surface area contributed by atoms with E-state index in [1.807, 2.05) is 11.9 Å². The number of aromatic amines is 1. The summed E-state index contributed by atoms with van der Waals surface area (Å²) in [5.74, 6) is 1.86. The summed E-state index contributed by atoms with van der Waals surface area (Å²) in [5, 5.41) is 0. The van der Waals surface area contributed by atoms with Crippen LogP contribution in [0, 0.1) is 11.7 Å². The lowest BCUT2D eigenvalue weighted by Crippen LogP contribution is -2.38. The maximum atomic E-state index is 14.8. The predicted octanol–water partition coefficient (Wildman–Crippen LogP) is 2.51. The second kappa shape index (κ2) is 6.96. The molecule has 0 aromatic carbocycles. The highest BCUT2D eigenvalue weighted by atomic mass is 19.1. The van der Waals surface area contributed by atoms with Crippen LogP contribution in [0.4, 0.5) is 16.0 Å². The molecule has 1 saturated carbocycles. The molecular formula is C19H23FN8. The predicted molar refractivity (Wildman–Crippen MR) is 104 cm³/mol. The van der Waals surface area contributed by atoms with Crippen LogP contribution in [0.5, 0.6) is 0 Å². The molecule has 1 saturated heterocycles. The van der Waals surface area contributed by atoms with Crippen molar-refractivity contribution in [2.24, 2.45) is 5.92 Å². The number of H-pyrrole nitrogens is 1. The van der Waals surface area contributed by atoms with Gasteiger partial charge in [-0.15, -0.1) is 0 Å². The van der Waals surface area contributed by atoms with Gasteiger partial charge in [0, 0.05) is 32.6 Å². The molecule has 3 aromatic heterocycles. The van der Waals surface area contributed by atoms with Gasteiger partial charge >= 0.3 is 0 Å². The summed E-state index contributed by atoms with van der Waals surface area (Å²) in [5.41, 5.74) is 2.16. The Hall–Kier alpha value is -2.84. The molecule has 5 rings (SSSR count). The summed E-state index contributed by atoms with van der Waals surface area (Å²) in [7, 11) is 1.92. The van der Waals surface area contributed by atoms with Crippen molar-refractivity contribution in [1.82, 2.24) is 29.9 Å². The fraction of sp³-hybridized carbons (Fsp3) is 0.526. The van der Waals surface area contributed by atoms with Crippen LogP contribution in [0.15, 0.2) is 19.0 Å². The van der Waals surface area contributed by atoms with Gasteiger partial charge in [0.15, 0.2) is 23.1 Å². The average Bonchev–Trinajstić information content (AvgIpc) is 3.44. The molecule has 0 unspecified atom stereocenters. The van der Waals surface area contributed by atoms with E-state index in [0.29, 0.717) is 23.1 Å². The number of imidazole rings is 1. The summed E-state index contributed by atoms with van der Waals surface area (Å²) < 4.78 is 14.8. The van der Waals surface area contributed by atoms with Crippen LogP contribution in [-0.2, 0) is 0 Å². The van der Waals surface area contributed by atoms with E-state index < -0.39 is 0 Å². The Morgan fingerprint density at radius 1 is 1.07 bits per heavy atom. The lowest BCUT2D eigenvalue weighted by atomic mass is 9.96. The van der Waals surface area contributed by atoms with Crippen molar-refractivity contribution >= 4 is 22.8 Å². The SMILES string of the molecule is CN(CC1CCN(c2ncnc3nc[nH]c23)CC1)c1ncnc(C2CC2)c1F. The van der Waals surface area contributed by atoms with Crippen molar-refractivity contribution in [2.45, 2.75) is 31.6 Å². The fourth-order valence-electron chi connectivity index (χ4n) is 4.07. The summed E-state index contributed by atoms with van der Waals surface area (Å²) >= 11 is 0. The summed E-state index contributed by atoms with van der Waals surface area (Å²) in [6.07, 6.45) is 8.81. The molecule has 9 heteroatoms. The number of rotatable bonds is 5. The normalized spacial score (nSPS) is 18.0. The fourth-order valence-corrected chi connectivity index (χ4v) is 4.07. The van der Waals surface area contributed by atoms with Crippen LogP contribution < -0.4 is 9.80 Å². The zero-order valence-corrected chi connectivity index (χ0v) is 15.8. The van der Waals surface area contributed by atoms with E-state index >= 15 is 0 Å². The Kier molecular flexibility index (Phi) is 4.29. The number of hydrogen-bond acceptors (Lipinski definition) is 7. The van der Waals surface area contributed by atoms with E-state index in [9.17, 15) is 4.39 Å². The molecule has 1 aliphatic heterocycles. The van der Waals surface area contributed by atoms with Crippen LogP contribution >= 0.6 is 0 Å². The van der Waals surface area contributed by atoms with Gasteiger partial charge in [0.25, 0.3) is 0 Å². The quantitative estimate of drug-likeness (QED) is 0.725. The molecule has 0 atom stereocenters. The van der Waals surface area contributed by atoms with Crippen LogP contribution in [-0.4, -0.2) is 56.6 Å².